The van der Waals surface area contributed by atoms with Crippen molar-refractivity contribution >= 4 is 6.09 Å². The highest BCUT2D eigenvalue weighted by molar-refractivity contribution is 5.68. The fourth-order valence-corrected chi connectivity index (χ4v) is 2.77. The van der Waals surface area contributed by atoms with Crippen LogP contribution < -0.4 is 0 Å². The van der Waals surface area contributed by atoms with E-state index in [1.54, 1.807) is 0 Å². The van der Waals surface area contributed by atoms with Crippen LogP contribution >= 0.6 is 0 Å². The lowest BCUT2D eigenvalue weighted by atomic mass is 10.0. The molecule has 0 radical (unpaired) electrons. The number of benzene rings is 1. The number of amides is 1. The van der Waals surface area contributed by atoms with Gasteiger partial charge in [-0.3, -0.25) is 0 Å². The van der Waals surface area contributed by atoms with E-state index in [0.29, 0.717) is 6.61 Å². The zero-order valence-electron chi connectivity index (χ0n) is 12.7. The molecule has 0 aliphatic carbocycles. The zero-order valence-corrected chi connectivity index (χ0v) is 12.7. The summed E-state index contributed by atoms with van der Waals surface area (Å²) >= 11 is 0. The second kappa shape index (κ2) is 8.03. The van der Waals surface area contributed by atoms with Gasteiger partial charge in [-0.1, -0.05) is 37.3 Å². The van der Waals surface area contributed by atoms with Crippen molar-refractivity contribution in [2.75, 3.05) is 6.54 Å². The summed E-state index contributed by atoms with van der Waals surface area (Å²) < 4.78 is 5.40. The summed E-state index contributed by atoms with van der Waals surface area (Å²) in [4.78, 5) is 14.0. The normalized spacial score (nSPS) is 19.5. The average molecular weight is 291 g/mol. The van der Waals surface area contributed by atoms with Crippen LogP contribution in [0, 0.1) is 0 Å². The Morgan fingerprint density at radius 2 is 2.19 bits per heavy atom. The van der Waals surface area contributed by atoms with Crippen LogP contribution in [-0.2, 0) is 11.3 Å². The molecule has 1 heterocycles. The number of hydrogen-bond donors (Lipinski definition) is 1. The van der Waals surface area contributed by atoms with Crippen LogP contribution in [0.1, 0.15) is 44.6 Å². The highest BCUT2D eigenvalue weighted by Gasteiger charge is 2.29. The Bertz CT molecular complexity index is 435. The maximum Gasteiger partial charge on any atom is 0.410 e. The Labute approximate surface area is 126 Å². The van der Waals surface area contributed by atoms with Gasteiger partial charge >= 0.3 is 6.09 Å². The van der Waals surface area contributed by atoms with Crippen LogP contribution in [0.25, 0.3) is 0 Å². The second-order valence-electron chi connectivity index (χ2n) is 5.67. The number of nitrogens with zero attached hydrogens (tertiary/aromatic N) is 1. The molecule has 1 aromatic rings. The fourth-order valence-electron chi connectivity index (χ4n) is 2.77. The van der Waals surface area contributed by atoms with Crippen LogP contribution in [-0.4, -0.2) is 34.8 Å². The van der Waals surface area contributed by atoms with Crippen LogP contribution in [0.4, 0.5) is 4.79 Å². The minimum atomic E-state index is -0.257. The predicted molar refractivity (Wildman–Crippen MR) is 81.9 cm³/mol. The number of hydrogen-bond acceptors (Lipinski definition) is 3. The van der Waals surface area contributed by atoms with Gasteiger partial charge in [-0.2, -0.15) is 0 Å². The molecule has 0 aromatic heterocycles. The minimum Gasteiger partial charge on any atom is -0.445 e. The Hall–Kier alpha value is -1.55. The van der Waals surface area contributed by atoms with Crippen molar-refractivity contribution in [2.24, 2.45) is 0 Å². The van der Waals surface area contributed by atoms with Crippen molar-refractivity contribution in [1.82, 2.24) is 4.90 Å². The molecular weight excluding hydrogens is 266 g/mol. The van der Waals surface area contributed by atoms with E-state index in [1.165, 1.54) is 0 Å². The Morgan fingerprint density at radius 3 is 2.90 bits per heavy atom. The Morgan fingerprint density at radius 1 is 1.43 bits per heavy atom. The van der Waals surface area contributed by atoms with Gasteiger partial charge in [0.1, 0.15) is 6.61 Å². The molecule has 2 rings (SSSR count). The van der Waals surface area contributed by atoms with E-state index < -0.39 is 0 Å². The lowest BCUT2D eigenvalue weighted by Gasteiger charge is -2.24. The third-order valence-corrected chi connectivity index (χ3v) is 4.12. The number of carbonyl (C=O) groups excluding carboxylic acids is 1. The van der Waals surface area contributed by atoms with Gasteiger partial charge in [-0.25, -0.2) is 4.79 Å². The molecule has 4 heteroatoms. The quantitative estimate of drug-likeness (QED) is 0.874. The molecule has 1 amide bonds. The van der Waals surface area contributed by atoms with Crippen LogP contribution in [0.3, 0.4) is 0 Å². The molecule has 0 spiro atoms. The van der Waals surface area contributed by atoms with E-state index >= 15 is 0 Å². The van der Waals surface area contributed by atoms with Gasteiger partial charge in [0, 0.05) is 12.6 Å². The van der Waals surface area contributed by atoms with E-state index in [4.69, 9.17) is 4.74 Å². The Kier molecular flexibility index (Phi) is 6.05. The molecular formula is C17H25NO3. The molecule has 1 saturated heterocycles. The van der Waals surface area contributed by atoms with E-state index in [-0.39, 0.29) is 18.2 Å². The molecule has 21 heavy (non-hydrogen) atoms. The highest BCUT2D eigenvalue weighted by Crippen LogP contribution is 2.23. The second-order valence-corrected chi connectivity index (χ2v) is 5.67. The monoisotopic (exact) mass is 291 g/mol. The van der Waals surface area contributed by atoms with E-state index in [9.17, 15) is 9.90 Å². The highest BCUT2D eigenvalue weighted by atomic mass is 16.6. The zero-order chi connectivity index (χ0) is 15.1. The molecule has 0 saturated carbocycles. The number of aliphatic hydroxyl groups excluding tert-OH is 1. The first-order valence-corrected chi connectivity index (χ1v) is 7.86. The summed E-state index contributed by atoms with van der Waals surface area (Å²) in [5.74, 6) is 0. The van der Waals surface area contributed by atoms with Crippen molar-refractivity contribution in [3.8, 4) is 0 Å². The number of ether oxygens (including phenoxy) is 1. The molecule has 1 aliphatic rings. The maximum absolute atomic E-state index is 12.2. The van der Waals surface area contributed by atoms with Crippen molar-refractivity contribution < 1.29 is 14.6 Å². The first-order valence-electron chi connectivity index (χ1n) is 7.86. The average Bonchev–Trinajstić information content (AvgIpc) is 2.99. The van der Waals surface area contributed by atoms with Gasteiger partial charge < -0.3 is 14.7 Å². The van der Waals surface area contributed by atoms with Crippen LogP contribution in [0.15, 0.2) is 30.3 Å². The molecule has 1 N–H and O–H groups in total. The fraction of sp³-hybridized carbons (Fsp3) is 0.588. The van der Waals surface area contributed by atoms with E-state index in [2.05, 4.69) is 0 Å². The summed E-state index contributed by atoms with van der Waals surface area (Å²) in [7, 11) is 0. The van der Waals surface area contributed by atoms with Gasteiger partial charge in [-0.15, -0.1) is 0 Å². The van der Waals surface area contributed by atoms with Crippen molar-refractivity contribution in [3.05, 3.63) is 35.9 Å². The topological polar surface area (TPSA) is 49.8 Å². The lowest BCUT2D eigenvalue weighted by Crippen LogP contribution is -2.36. The van der Waals surface area contributed by atoms with Crippen molar-refractivity contribution in [2.45, 2.75) is 57.8 Å². The molecule has 1 fully saturated rings. The van der Waals surface area contributed by atoms with Crippen LogP contribution in [0.5, 0.6) is 0 Å². The summed E-state index contributed by atoms with van der Waals surface area (Å²) in [5, 5.41) is 9.66. The summed E-state index contributed by atoms with van der Waals surface area (Å²) in [5.41, 5.74) is 1.00. The molecule has 116 valence electrons. The van der Waals surface area contributed by atoms with Gasteiger partial charge in [0.2, 0.25) is 0 Å². The third kappa shape index (κ3) is 4.74. The predicted octanol–water partition coefficient (Wildman–Crippen LogP) is 3.34. The van der Waals surface area contributed by atoms with Gasteiger partial charge in [-0.05, 0) is 37.7 Å². The lowest BCUT2D eigenvalue weighted by molar-refractivity contribution is 0.0854. The smallest absolute Gasteiger partial charge is 0.410 e. The molecule has 4 nitrogen and oxygen atoms in total. The first kappa shape index (κ1) is 15.8. The largest absolute Gasteiger partial charge is 0.445 e. The maximum atomic E-state index is 12.2. The summed E-state index contributed by atoms with van der Waals surface area (Å²) in [6, 6.07) is 9.94. The minimum absolute atomic E-state index is 0.217. The van der Waals surface area contributed by atoms with E-state index in [0.717, 1.165) is 44.2 Å². The van der Waals surface area contributed by atoms with Crippen molar-refractivity contribution in [3.63, 3.8) is 0 Å². The third-order valence-electron chi connectivity index (χ3n) is 4.12. The number of carbonyl (C=O) groups is 1. The Balaban J connectivity index is 1.80. The summed E-state index contributed by atoms with van der Waals surface area (Å²) in [6.07, 6.45) is 3.93. The SMILES string of the molecule is CCC(O)CCC1CCCN1C(=O)OCc1ccccc1. The molecule has 0 bridgehead atoms. The van der Waals surface area contributed by atoms with Gasteiger partial charge in [0.15, 0.2) is 0 Å². The molecule has 2 atom stereocenters. The van der Waals surface area contributed by atoms with Gasteiger partial charge in [0.05, 0.1) is 6.10 Å². The molecule has 1 aromatic carbocycles. The number of rotatable bonds is 6. The molecule has 1 aliphatic heterocycles. The first-order chi connectivity index (χ1) is 10.2. The van der Waals surface area contributed by atoms with Crippen molar-refractivity contribution in [1.29, 1.82) is 0 Å². The van der Waals surface area contributed by atoms with Gasteiger partial charge in [0.25, 0.3) is 0 Å². The van der Waals surface area contributed by atoms with E-state index in [1.807, 2.05) is 42.2 Å². The van der Waals surface area contributed by atoms with Crippen LogP contribution in [0.2, 0.25) is 0 Å². The number of aliphatic hydroxyl groups is 1. The standard InChI is InChI=1S/C17H25NO3/c1-2-16(19)11-10-15-9-6-12-18(15)17(20)21-13-14-7-4-3-5-8-14/h3-5,7-8,15-16,19H,2,6,9-13H2,1H3. The summed E-state index contributed by atoms with van der Waals surface area (Å²) in [6.45, 7) is 3.06. The molecule has 2 unspecified atom stereocenters. The number of likely N-dealkylation sites (tertiary alicyclic amines) is 1.